The Hall–Kier alpha value is -2.93. The number of nitrogens with two attached hydrogens (primary N) is 1. The van der Waals surface area contributed by atoms with Gasteiger partial charge in [0.05, 0.1) is 12.6 Å². The molecule has 3 heterocycles. The summed E-state index contributed by atoms with van der Waals surface area (Å²) in [6.45, 7) is 4.83. The summed E-state index contributed by atoms with van der Waals surface area (Å²) in [5.41, 5.74) is 8.65. The summed E-state index contributed by atoms with van der Waals surface area (Å²) >= 11 is 0. The molecule has 1 unspecified atom stereocenters. The van der Waals surface area contributed by atoms with E-state index in [4.69, 9.17) is 5.73 Å². The lowest BCUT2D eigenvalue weighted by Crippen LogP contribution is -2.48. The summed E-state index contributed by atoms with van der Waals surface area (Å²) in [5.74, 6) is 0.162. The number of benzene rings is 1. The van der Waals surface area contributed by atoms with Gasteiger partial charge < -0.3 is 20.6 Å². The molecule has 2 aliphatic heterocycles. The maximum Gasteiger partial charge on any atom is 0.315 e. The van der Waals surface area contributed by atoms with Crippen molar-refractivity contribution in [2.45, 2.75) is 50.8 Å². The van der Waals surface area contributed by atoms with Crippen molar-refractivity contribution in [3.8, 4) is 0 Å². The number of primary amides is 1. The minimum atomic E-state index is -1.33. The lowest BCUT2D eigenvalue weighted by atomic mass is 9.87. The Kier molecular flexibility index (Phi) is 5.24. The summed E-state index contributed by atoms with van der Waals surface area (Å²) in [6, 6.07) is 9.69. The van der Waals surface area contributed by atoms with E-state index in [1.807, 2.05) is 6.07 Å². The molecule has 0 saturated carbocycles. The SMILES string of the molecule is CC(C)(O)C(=O)N1CCC(c2ccc(C3c4ccncc4CN3C(N)=O)cc2)CC1. The molecule has 1 aromatic heterocycles. The van der Waals surface area contributed by atoms with Crippen molar-refractivity contribution in [2.24, 2.45) is 5.73 Å². The van der Waals surface area contributed by atoms with Gasteiger partial charge in [0.25, 0.3) is 5.91 Å². The van der Waals surface area contributed by atoms with Gasteiger partial charge in [-0.15, -0.1) is 0 Å². The number of aliphatic hydroxyl groups is 1. The van der Waals surface area contributed by atoms with Crippen molar-refractivity contribution < 1.29 is 14.7 Å². The first kappa shape index (κ1) is 20.3. The van der Waals surface area contributed by atoms with Gasteiger partial charge in [-0.25, -0.2) is 4.79 Å². The molecule has 3 N–H and O–H groups in total. The van der Waals surface area contributed by atoms with E-state index in [-0.39, 0.29) is 11.9 Å². The van der Waals surface area contributed by atoms with E-state index in [0.29, 0.717) is 25.6 Å². The van der Waals surface area contributed by atoms with Gasteiger partial charge in [-0.3, -0.25) is 9.78 Å². The summed E-state index contributed by atoms with van der Waals surface area (Å²) in [7, 11) is 0. The number of amides is 3. The molecule has 1 fully saturated rings. The summed E-state index contributed by atoms with van der Waals surface area (Å²) in [5, 5.41) is 9.95. The summed E-state index contributed by atoms with van der Waals surface area (Å²) in [4.78, 5) is 31.9. The van der Waals surface area contributed by atoms with E-state index in [1.165, 1.54) is 19.4 Å². The highest BCUT2D eigenvalue weighted by Gasteiger charge is 2.35. The number of rotatable bonds is 3. The van der Waals surface area contributed by atoms with Crippen LogP contribution in [0.2, 0.25) is 0 Å². The highest BCUT2D eigenvalue weighted by Crippen LogP contribution is 2.38. The molecule has 7 heteroatoms. The summed E-state index contributed by atoms with van der Waals surface area (Å²) < 4.78 is 0. The third-order valence-electron chi connectivity index (χ3n) is 6.20. The number of aromatic nitrogens is 1. The van der Waals surface area contributed by atoms with E-state index in [0.717, 1.165) is 29.5 Å². The third kappa shape index (κ3) is 3.77. The molecule has 7 nitrogen and oxygen atoms in total. The van der Waals surface area contributed by atoms with Crippen LogP contribution in [-0.2, 0) is 11.3 Å². The standard InChI is InChI=1S/C23H28N4O3/c1-23(2,30)21(28)26-11-8-16(9-12-26)15-3-5-17(6-4-15)20-19-7-10-25-13-18(19)14-27(20)22(24)29/h3-7,10,13,16,20,30H,8-9,11-12,14H2,1-2H3,(H2,24,29). The van der Waals surface area contributed by atoms with E-state index < -0.39 is 11.6 Å². The van der Waals surface area contributed by atoms with Crippen molar-refractivity contribution in [1.29, 1.82) is 0 Å². The second-order valence-electron chi connectivity index (χ2n) is 8.74. The minimum absolute atomic E-state index is 0.194. The lowest BCUT2D eigenvalue weighted by Gasteiger charge is -2.35. The zero-order valence-corrected chi connectivity index (χ0v) is 17.4. The van der Waals surface area contributed by atoms with Gasteiger partial charge in [0.1, 0.15) is 5.60 Å². The Morgan fingerprint density at radius 3 is 2.33 bits per heavy atom. The van der Waals surface area contributed by atoms with Crippen molar-refractivity contribution in [3.05, 3.63) is 65.0 Å². The number of likely N-dealkylation sites (tertiary alicyclic amines) is 1. The molecule has 1 atom stereocenters. The average molecular weight is 409 g/mol. The van der Waals surface area contributed by atoms with Crippen molar-refractivity contribution >= 4 is 11.9 Å². The first-order chi connectivity index (χ1) is 14.3. The molecule has 1 aromatic carbocycles. The highest BCUT2D eigenvalue weighted by molar-refractivity contribution is 5.84. The smallest absolute Gasteiger partial charge is 0.315 e. The minimum Gasteiger partial charge on any atom is -0.381 e. The predicted molar refractivity (Wildman–Crippen MR) is 113 cm³/mol. The Bertz CT molecular complexity index is 944. The lowest BCUT2D eigenvalue weighted by molar-refractivity contribution is -0.148. The number of carbonyl (C=O) groups is 2. The first-order valence-corrected chi connectivity index (χ1v) is 10.4. The van der Waals surface area contributed by atoms with Crippen LogP contribution in [0.25, 0.3) is 0 Å². The van der Waals surface area contributed by atoms with E-state index in [1.54, 1.807) is 22.2 Å². The number of urea groups is 1. The van der Waals surface area contributed by atoms with Gasteiger partial charge in [-0.05, 0) is 60.9 Å². The van der Waals surface area contributed by atoms with Crippen LogP contribution in [0.5, 0.6) is 0 Å². The first-order valence-electron chi connectivity index (χ1n) is 10.4. The van der Waals surface area contributed by atoms with Crippen LogP contribution in [0.3, 0.4) is 0 Å². The average Bonchev–Trinajstić information content (AvgIpc) is 3.13. The van der Waals surface area contributed by atoms with E-state index >= 15 is 0 Å². The van der Waals surface area contributed by atoms with Crippen molar-refractivity contribution in [3.63, 3.8) is 0 Å². The number of fused-ring (bicyclic) bond motifs is 1. The Labute approximate surface area is 176 Å². The molecule has 158 valence electrons. The van der Waals surface area contributed by atoms with Crippen LogP contribution in [0.4, 0.5) is 4.79 Å². The number of hydrogen-bond donors (Lipinski definition) is 2. The second kappa shape index (κ2) is 7.72. The van der Waals surface area contributed by atoms with Gasteiger partial charge in [-0.1, -0.05) is 24.3 Å². The van der Waals surface area contributed by atoms with Crippen LogP contribution >= 0.6 is 0 Å². The fourth-order valence-electron chi connectivity index (χ4n) is 4.60. The zero-order chi connectivity index (χ0) is 21.5. The molecule has 0 aliphatic carbocycles. The molecule has 4 rings (SSSR count). The Balaban J connectivity index is 1.49. The predicted octanol–water partition coefficient (Wildman–Crippen LogP) is 2.54. The van der Waals surface area contributed by atoms with Crippen LogP contribution < -0.4 is 5.73 Å². The molecule has 0 radical (unpaired) electrons. The second-order valence-corrected chi connectivity index (χ2v) is 8.74. The van der Waals surface area contributed by atoms with Crippen LogP contribution in [0.1, 0.15) is 60.9 Å². The number of hydrogen-bond acceptors (Lipinski definition) is 4. The molecule has 1 saturated heterocycles. The van der Waals surface area contributed by atoms with Crippen molar-refractivity contribution in [2.75, 3.05) is 13.1 Å². The van der Waals surface area contributed by atoms with Gasteiger partial charge in [0.2, 0.25) is 0 Å². The molecule has 3 amide bonds. The molecule has 0 bridgehead atoms. The monoisotopic (exact) mass is 408 g/mol. The normalized spacial score (nSPS) is 19.6. The third-order valence-corrected chi connectivity index (χ3v) is 6.20. The molecule has 2 aliphatic rings. The van der Waals surface area contributed by atoms with Gasteiger partial charge in [0, 0.05) is 25.5 Å². The molecule has 30 heavy (non-hydrogen) atoms. The van der Waals surface area contributed by atoms with Crippen molar-refractivity contribution in [1.82, 2.24) is 14.8 Å². The van der Waals surface area contributed by atoms with Gasteiger partial charge >= 0.3 is 6.03 Å². The fraction of sp³-hybridized carbons (Fsp3) is 0.435. The zero-order valence-electron chi connectivity index (χ0n) is 17.4. The largest absolute Gasteiger partial charge is 0.381 e. The van der Waals surface area contributed by atoms with E-state index in [9.17, 15) is 14.7 Å². The number of carbonyl (C=O) groups excluding carboxylic acids is 2. The van der Waals surface area contributed by atoms with Gasteiger partial charge in [0.15, 0.2) is 0 Å². The topological polar surface area (TPSA) is 99.8 Å². The molecular weight excluding hydrogens is 380 g/mol. The summed E-state index contributed by atoms with van der Waals surface area (Å²) in [6.07, 6.45) is 5.27. The Morgan fingerprint density at radius 1 is 1.10 bits per heavy atom. The molecular formula is C23H28N4O3. The Morgan fingerprint density at radius 2 is 1.73 bits per heavy atom. The molecule has 0 spiro atoms. The van der Waals surface area contributed by atoms with Crippen LogP contribution in [0, 0.1) is 0 Å². The number of piperidine rings is 1. The fourth-order valence-corrected chi connectivity index (χ4v) is 4.60. The van der Waals surface area contributed by atoms with Crippen LogP contribution in [0.15, 0.2) is 42.7 Å². The maximum absolute atomic E-state index is 12.3. The molecule has 2 aromatic rings. The quantitative estimate of drug-likeness (QED) is 0.815. The van der Waals surface area contributed by atoms with Gasteiger partial charge in [-0.2, -0.15) is 0 Å². The number of nitrogens with zero attached hydrogens (tertiary/aromatic N) is 3. The van der Waals surface area contributed by atoms with Crippen LogP contribution in [-0.4, -0.2) is 50.5 Å². The number of pyridine rings is 1. The van der Waals surface area contributed by atoms with E-state index in [2.05, 4.69) is 29.2 Å². The maximum atomic E-state index is 12.3. The highest BCUT2D eigenvalue weighted by atomic mass is 16.3.